The molecule has 0 saturated heterocycles. The fourth-order valence-corrected chi connectivity index (χ4v) is 2.52. The van der Waals surface area contributed by atoms with Gasteiger partial charge in [-0.1, -0.05) is 44.2 Å². The third kappa shape index (κ3) is 6.25. The molecule has 0 fully saturated rings. The molecule has 0 aliphatic rings. The van der Waals surface area contributed by atoms with Gasteiger partial charge >= 0.3 is 0 Å². The summed E-state index contributed by atoms with van der Waals surface area (Å²) in [6.45, 7) is 8.84. The van der Waals surface area contributed by atoms with Crippen LogP contribution < -0.4 is 9.47 Å². The van der Waals surface area contributed by atoms with Crippen LogP contribution in [0.1, 0.15) is 31.9 Å². The Balaban J connectivity index is 1.81. The van der Waals surface area contributed by atoms with E-state index in [1.165, 1.54) is 11.1 Å². The van der Waals surface area contributed by atoms with Crippen LogP contribution in [0.2, 0.25) is 0 Å². The van der Waals surface area contributed by atoms with E-state index in [2.05, 4.69) is 32.0 Å². The third-order valence-corrected chi connectivity index (χ3v) is 3.57. The van der Waals surface area contributed by atoms with Gasteiger partial charge in [0, 0.05) is 0 Å². The summed E-state index contributed by atoms with van der Waals surface area (Å²) in [6, 6.07) is 16.2. The summed E-state index contributed by atoms with van der Waals surface area (Å²) >= 11 is 0. The van der Waals surface area contributed by atoms with Crippen molar-refractivity contribution < 1.29 is 14.2 Å². The van der Waals surface area contributed by atoms with Crippen LogP contribution in [0.15, 0.2) is 48.5 Å². The van der Waals surface area contributed by atoms with Gasteiger partial charge in [-0.2, -0.15) is 0 Å². The number of hydrogen-bond acceptors (Lipinski definition) is 3. The maximum atomic E-state index is 5.82. The molecule has 24 heavy (non-hydrogen) atoms. The molecule has 0 N–H and O–H groups in total. The second kappa shape index (κ2) is 9.99. The van der Waals surface area contributed by atoms with Crippen molar-refractivity contribution in [3.05, 3.63) is 59.7 Å². The maximum absolute atomic E-state index is 5.82. The highest BCUT2D eigenvalue weighted by molar-refractivity contribution is 5.40. The summed E-state index contributed by atoms with van der Waals surface area (Å²) in [4.78, 5) is 0. The summed E-state index contributed by atoms with van der Waals surface area (Å²) in [5.41, 5.74) is 2.38. The van der Waals surface area contributed by atoms with E-state index in [0.717, 1.165) is 17.9 Å². The topological polar surface area (TPSA) is 27.7 Å². The molecule has 130 valence electrons. The van der Waals surface area contributed by atoms with Gasteiger partial charge in [0.25, 0.3) is 0 Å². The molecule has 0 aliphatic heterocycles. The molecular weight excluding hydrogens is 300 g/mol. The van der Waals surface area contributed by atoms with Gasteiger partial charge in [-0.3, -0.25) is 0 Å². The smallest absolute Gasteiger partial charge is 0.122 e. The van der Waals surface area contributed by atoms with E-state index in [9.17, 15) is 0 Å². The van der Waals surface area contributed by atoms with Gasteiger partial charge in [0.2, 0.25) is 0 Å². The van der Waals surface area contributed by atoms with Crippen LogP contribution in [-0.2, 0) is 17.8 Å². The van der Waals surface area contributed by atoms with Crippen molar-refractivity contribution in [1.29, 1.82) is 0 Å². The first-order chi connectivity index (χ1) is 11.7. The van der Waals surface area contributed by atoms with Crippen LogP contribution in [0.5, 0.6) is 11.5 Å². The average Bonchev–Trinajstić information content (AvgIpc) is 2.57. The second-order valence-electron chi connectivity index (χ2n) is 6.19. The van der Waals surface area contributed by atoms with Crippen LogP contribution in [0.25, 0.3) is 0 Å². The van der Waals surface area contributed by atoms with Crippen molar-refractivity contribution in [2.45, 2.75) is 33.8 Å². The number of ether oxygens (including phenoxy) is 3. The molecule has 0 aliphatic carbocycles. The highest BCUT2D eigenvalue weighted by atomic mass is 16.5. The molecule has 0 radical (unpaired) electrons. The van der Waals surface area contributed by atoms with Crippen molar-refractivity contribution in [2.24, 2.45) is 5.92 Å². The SMILES string of the molecule is CCOc1ccc(OCCOCc2ccccc2)cc1CC(C)C. The fourth-order valence-electron chi connectivity index (χ4n) is 2.52. The van der Waals surface area contributed by atoms with Crippen molar-refractivity contribution in [3.63, 3.8) is 0 Å². The van der Waals surface area contributed by atoms with Crippen LogP contribution >= 0.6 is 0 Å². The molecule has 0 aromatic heterocycles. The van der Waals surface area contributed by atoms with Gasteiger partial charge in [-0.25, -0.2) is 0 Å². The van der Waals surface area contributed by atoms with Gasteiger partial charge < -0.3 is 14.2 Å². The predicted octanol–water partition coefficient (Wildman–Crippen LogP) is 4.88. The summed E-state index contributed by atoms with van der Waals surface area (Å²) in [6.07, 6.45) is 0.983. The zero-order valence-electron chi connectivity index (χ0n) is 15.0. The van der Waals surface area contributed by atoms with Crippen molar-refractivity contribution in [1.82, 2.24) is 0 Å². The Morgan fingerprint density at radius 3 is 2.42 bits per heavy atom. The van der Waals surface area contributed by atoms with E-state index < -0.39 is 0 Å². The first-order valence-electron chi connectivity index (χ1n) is 8.69. The largest absolute Gasteiger partial charge is 0.494 e. The zero-order valence-corrected chi connectivity index (χ0v) is 15.0. The Morgan fingerprint density at radius 2 is 1.71 bits per heavy atom. The lowest BCUT2D eigenvalue weighted by atomic mass is 10.0. The fraction of sp³-hybridized carbons (Fsp3) is 0.429. The molecule has 0 amide bonds. The standard InChI is InChI=1S/C21H28O3/c1-4-23-21-11-10-20(15-19(21)14-17(2)3)24-13-12-22-16-18-8-6-5-7-9-18/h5-11,15,17H,4,12-14,16H2,1-3H3. The van der Waals surface area contributed by atoms with Crippen molar-refractivity contribution in [3.8, 4) is 11.5 Å². The minimum Gasteiger partial charge on any atom is -0.494 e. The number of rotatable bonds is 10. The number of benzene rings is 2. The molecule has 0 atom stereocenters. The zero-order chi connectivity index (χ0) is 17.2. The van der Waals surface area contributed by atoms with Gasteiger partial charge in [-0.05, 0) is 48.6 Å². The third-order valence-electron chi connectivity index (χ3n) is 3.57. The lowest BCUT2D eigenvalue weighted by Gasteiger charge is -2.14. The Labute approximate surface area is 145 Å². The predicted molar refractivity (Wildman–Crippen MR) is 97.7 cm³/mol. The molecule has 2 rings (SSSR count). The Morgan fingerprint density at radius 1 is 0.917 bits per heavy atom. The summed E-state index contributed by atoms with van der Waals surface area (Å²) in [5.74, 6) is 2.41. The van der Waals surface area contributed by atoms with E-state index in [1.807, 2.05) is 37.3 Å². The average molecular weight is 328 g/mol. The highest BCUT2D eigenvalue weighted by Crippen LogP contribution is 2.26. The minimum atomic E-state index is 0.544. The van der Waals surface area contributed by atoms with Crippen molar-refractivity contribution in [2.75, 3.05) is 19.8 Å². The van der Waals surface area contributed by atoms with Gasteiger partial charge in [-0.15, -0.1) is 0 Å². The lowest BCUT2D eigenvalue weighted by Crippen LogP contribution is -2.07. The Kier molecular flexibility index (Phi) is 7.63. The first kappa shape index (κ1) is 18.3. The van der Waals surface area contributed by atoms with Crippen LogP contribution in [0, 0.1) is 5.92 Å². The first-order valence-corrected chi connectivity index (χ1v) is 8.69. The van der Waals surface area contributed by atoms with E-state index in [-0.39, 0.29) is 0 Å². The molecule has 2 aromatic rings. The van der Waals surface area contributed by atoms with E-state index in [4.69, 9.17) is 14.2 Å². The molecular formula is C21H28O3. The minimum absolute atomic E-state index is 0.544. The normalized spacial score (nSPS) is 10.8. The van der Waals surface area contributed by atoms with Gasteiger partial charge in [0.1, 0.15) is 18.1 Å². The maximum Gasteiger partial charge on any atom is 0.122 e. The Hall–Kier alpha value is -2.00. The van der Waals surface area contributed by atoms with Crippen LogP contribution in [-0.4, -0.2) is 19.8 Å². The summed E-state index contributed by atoms with van der Waals surface area (Å²) in [5, 5.41) is 0. The molecule has 0 unspecified atom stereocenters. The van der Waals surface area contributed by atoms with Gasteiger partial charge in [0.15, 0.2) is 0 Å². The number of hydrogen-bond donors (Lipinski definition) is 0. The van der Waals surface area contributed by atoms with Gasteiger partial charge in [0.05, 0.1) is 19.8 Å². The van der Waals surface area contributed by atoms with Crippen LogP contribution in [0.3, 0.4) is 0 Å². The molecule has 0 bridgehead atoms. The molecule has 0 heterocycles. The van der Waals surface area contributed by atoms with Crippen LogP contribution in [0.4, 0.5) is 0 Å². The Bertz CT molecular complexity index is 593. The molecule has 3 heteroatoms. The molecule has 0 spiro atoms. The molecule has 3 nitrogen and oxygen atoms in total. The van der Waals surface area contributed by atoms with E-state index in [0.29, 0.717) is 32.3 Å². The van der Waals surface area contributed by atoms with Crippen molar-refractivity contribution >= 4 is 0 Å². The van der Waals surface area contributed by atoms with E-state index in [1.54, 1.807) is 0 Å². The summed E-state index contributed by atoms with van der Waals surface area (Å²) in [7, 11) is 0. The van der Waals surface area contributed by atoms with E-state index >= 15 is 0 Å². The highest BCUT2D eigenvalue weighted by Gasteiger charge is 2.08. The monoisotopic (exact) mass is 328 g/mol. The lowest BCUT2D eigenvalue weighted by molar-refractivity contribution is 0.0888. The molecule has 2 aromatic carbocycles. The summed E-state index contributed by atoms with van der Waals surface area (Å²) < 4.78 is 17.2. The molecule has 0 saturated carbocycles. The second-order valence-corrected chi connectivity index (χ2v) is 6.19. The quantitative estimate of drug-likeness (QED) is 0.582.